The van der Waals surface area contributed by atoms with E-state index in [0.29, 0.717) is 11.3 Å². The van der Waals surface area contributed by atoms with Gasteiger partial charge in [0.1, 0.15) is 6.07 Å². The largest absolute Gasteiger partial charge is 0.321 e. The van der Waals surface area contributed by atoms with E-state index in [2.05, 4.69) is 27.8 Å². The van der Waals surface area contributed by atoms with E-state index in [4.69, 9.17) is 5.26 Å². The molecule has 0 aliphatic rings. The van der Waals surface area contributed by atoms with Crippen LogP contribution in [0, 0.1) is 11.3 Å². The van der Waals surface area contributed by atoms with Crippen LogP contribution in [0.25, 0.3) is 0 Å². The van der Waals surface area contributed by atoms with Crippen molar-refractivity contribution in [1.82, 2.24) is 0 Å². The molecular weight excluding hydrogens is 244 g/mol. The quantitative estimate of drug-likeness (QED) is 0.820. The second kappa shape index (κ2) is 4.58. The number of rotatable bonds is 2. The Morgan fingerprint density at radius 3 is 2.93 bits per heavy atom. The number of hydrogen-bond donors (Lipinski definition) is 1. The molecule has 0 saturated heterocycles. The summed E-state index contributed by atoms with van der Waals surface area (Å²) in [5.41, 5.74) is 0.898. The Kier molecular flexibility index (Phi) is 3.43. The molecule has 0 spiro atoms. The van der Waals surface area contributed by atoms with E-state index in [-0.39, 0.29) is 5.91 Å². The normalized spacial score (nSPS) is 8.86. The Bertz CT molecular complexity index is 421. The fourth-order valence-electron chi connectivity index (χ4n) is 0.902. The summed E-state index contributed by atoms with van der Waals surface area (Å²) in [4.78, 5) is 11.0. The van der Waals surface area contributed by atoms with Gasteiger partial charge in [0.05, 0.1) is 11.3 Å². The predicted molar refractivity (Wildman–Crippen MR) is 57.7 cm³/mol. The SMILES string of the molecule is C=CC(=O)Nc1ccc(Br)cc1C#N. The Hall–Kier alpha value is -1.60. The molecule has 14 heavy (non-hydrogen) atoms. The van der Waals surface area contributed by atoms with Crippen molar-refractivity contribution >= 4 is 27.5 Å². The minimum atomic E-state index is -0.330. The van der Waals surface area contributed by atoms with Crippen LogP contribution < -0.4 is 5.32 Å². The highest BCUT2D eigenvalue weighted by molar-refractivity contribution is 9.10. The van der Waals surface area contributed by atoms with Gasteiger partial charge in [0.15, 0.2) is 0 Å². The Balaban J connectivity index is 3.04. The van der Waals surface area contributed by atoms with Crippen LogP contribution in [0.2, 0.25) is 0 Å². The summed E-state index contributed by atoms with van der Waals surface area (Å²) >= 11 is 3.24. The zero-order valence-corrected chi connectivity index (χ0v) is 8.84. The lowest BCUT2D eigenvalue weighted by Gasteiger charge is -2.04. The molecule has 3 nitrogen and oxygen atoms in total. The van der Waals surface area contributed by atoms with Gasteiger partial charge in [-0.1, -0.05) is 22.5 Å². The van der Waals surface area contributed by atoms with Crippen LogP contribution in [0.15, 0.2) is 35.3 Å². The lowest BCUT2D eigenvalue weighted by Crippen LogP contribution is -2.08. The molecule has 4 heteroatoms. The second-order valence-corrected chi connectivity index (χ2v) is 3.41. The van der Waals surface area contributed by atoms with E-state index in [1.54, 1.807) is 18.2 Å². The molecular formula is C10H7BrN2O. The highest BCUT2D eigenvalue weighted by Gasteiger charge is 2.04. The number of carbonyl (C=O) groups is 1. The number of nitriles is 1. The van der Waals surface area contributed by atoms with Gasteiger partial charge in [0.25, 0.3) is 0 Å². The maximum atomic E-state index is 11.0. The third-order valence-corrected chi connectivity index (χ3v) is 2.04. The van der Waals surface area contributed by atoms with Crippen LogP contribution in [-0.4, -0.2) is 5.91 Å². The van der Waals surface area contributed by atoms with Crippen molar-refractivity contribution in [1.29, 1.82) is 5.26 Å². The molecule has 0 atom stereocenters. The number of amides is 1. The van der Waals surface area contributed by atoms with E-state index in [1.165, 1.54) is 0 Å². The number of carbonyl (C=O) groups excluding carboxylic acids is 1. The van der Waals surface area contributed by atoms with Gasteiger partial charge < -0.3 is 5.32 Å². The van der Waals surface area contributed by atoms with Gasteiger partial charge in [-0.15, -0.1) is 0 Å². The molecule has 1 aromatic rings. The van der Waals surface area contributed by atoms with Gasteiger partial charge in [0, 0.05) is 4.47 Å². The third-order valence-electron chi connectivity index (χ3n) is 1.55. The Morgan fingerprint density at radius 1 is 1.64 bits per heavy atom. The summed E-state index contributed by atoms with van der Waals surface area (Å²) in [5, 5.41) is 11.3. The summed E-state index contributed by atoms with van der Waals surface area (Å²) in [5.74, 6) is -0.330. The number of halogens is 1. The van der Waals surface area contributed by atoms with Crippen LogP contribution >= 0.6 is 15.9 Å². The van der Waals surface area contributed by atoms with Crippen molar-refractivity contribution < 1.29 is 4.79 Å². The number of nitrogens with zero attached hydrogens (tertiary/aromatic N) is 1. The van der Waals surface area contributed by atoms with Crippen LogP contribution in [0.4, 0.5) is 5.69 Å². The molecule has 0 aliphatic heterocycles. The first-order valence-corrected chi connectivity index (χ1v) is 4.59. The van der Waals surface area contributed by atoms with Gasteiger partial charge in [-0.05, 0) is 24.3 Å². The van der Waals surface area contributed by atoms with Crippen LogP contribution in [0.1, 0.15) is 5.56 Å². The fourth-order valence-corrected chi connectivity index (χ4v) is 1.26. The zero-order chi connectivity index (χ0) is 10.6. The molecule has 70 valence electrons. The van der Waals surface area contributed by atoms with Crippen molar-refractivity contribution in [2.24, 2.45) is 0 Å². The maximum Gasteiger partial charge on any atom is 0.247 e. The van der Waals surface area contributed by atoms with Crippen molar-refractivity contribution in [3.63, 3.8) is 0 Å². The molecule has 1 rings (SSSR count). The molecule has 0 aromatic heterocycles. The molecule has 0 saturated carbocycles. The monoisotopic (exact) mass is 250 g/mol. The molecule has 0 bridgehead atoms. The average Bonchev–Trinajstić information content (AvgIpc) is 2.20. The number of nitrogens with one attached hydrogen (secondary N) is 1. The summed E-state index contributed by atoms with van der Waals surface area (Å²) in [6.07, 6.45) is 1.16. The molecule has 0 unspecified atom stereocenters. The van der Waals surface area contributed by atoms with Crippen molar-refractivity contribution in [3.8, 4) is 6.07 Å². The standard InChI is InChI=1S/C10H7BrN2O/c1-2-10(14)13-9-4-3-8(11)5-7(9)6-12/h2-5H,1H2,(H,13,14). The minimum absolute atomic E-state index is 0.330. The Labute approximate surface area is 90.2 Å². The minimum Gasteiger partial charge on any atom is -0.321 e. The topological polar surface area (TPSA) is 52.9 Å². The second-order valence-electron chi connectivity index (χ2n) is 2.50. The average molecular weight is 251 g/mol. The molecule has 1 amide bonds. The van der Waals surface area contributed by atoms with Gasteiger partial charge in [0.2, 0.25) is 5.91 Å². The highest BCUT2D eigenvalue weighted by Crippen LogP contribution is 2.20. The molecule has 0 fully saturated rings. The zero-order valence-electron chi connectivity index (χ0n) is 7.25. The smallest absolute Gasteiger partial charge is 0.247 e. The van der Waals surface area contributed by atoms with Gasteiger partial charge in [-0.2, -0.15) is 5.26 Å². The van der Waals surface area contributed by atoms with E-state index >= 15 is 0 Å². The van der Waals surface area contributed by atoms with E-state index in [0.717, 1.165) is 10.5 Å². The van der Waals surface area contributed by atoms with Gasteiger partial charge in [-0.3, -0.25) is 4.79 Å². The predicted octanol–water partition coefficient (Wildman–Crippen LogP) is 2.45. The summed E-state index contributed by atoms with van der Waals surface area (Å²) in [7, 11) is 0. The molecule has 0 radical (unpaired) electrons. The van der Waals surface area contributed by atoms with Gasteiger partial charge >= 0.3 is 0 Å². The number of hydrogen-bond acceptors (Lipinski definition) is 2. The highest BCUT2D eigenvalue weighted by atomic mass is 79.9. The lowest BCUT2D eigenvalue weighted by molar-refractivity contribution is -0.111. The number of benzene rings is 1. The first-order valence-electron chi connectivity index (χ1n) is 3.80. The van der Waals surface area contributed by atoms with Gasteiger partial charge in [-0.25, -0.2) is 0 Å². The first-order chi connectivity index (χ1) is 6.67. The molecule has 0 heterocycles. The van der Waals surface area contributed by atoms with Crippen LogP contribution in [-0.2, 0) is 4.79 Å². The summed E-state index contributed by atoms with van der Waals surface area (Å²) < 4.78 is 0.797. The van der Waals surface area contributed by atoms with E-state index < -0.39 is 0 Å². The van der Waals surface area contributed by atoms with Crippen LogP contribution in [0.3, 0.4) is 0 Å². The molecule has 1 aromatic carbocycles. The molecule has 0 aliphatic carbocycles. The van der Waals surface area contributed by atoms with Crippen LogP contribution in [0.5, 0.6) is 0 Å². The van der Waals surface area contributed by atoms with Crippen molar-refractivity contribution in [2.45, 2.75) is 0 Å². The molecule has 1 N–H and O–H groups in total. The van der Waals surface area contributed by atoms with Crippen molar-refractivity contribution in [2.75, 3.05) is 5.32 Å². The number of anilines is 1. The van der Waals surface area contributed by atoms with E-state index in [1.807, 2.05) is 6.07 Å². The van der Waals surface area contributed by atoms with Crippen molar-refractivity contribution in [3.05, 3.63) is 40.9 Å². The lowest BCUT2D eigenvalue weighted by atomic mass is 10.2. The summed E-state index contributed by atoms with van der Waals surface area (Å²) in [6, 6.07) is 7.03. The fraction of sp³-hybridized carbons (Fsp3) is 0. The third kappa shape index (κ3) is 2.44. The first kappa shape index (κ1) is 10.5. The summed E-state index contributed by atoms with van der Waals surface area (Å²) in [6.45, 7) is 3.33. The maximum absolute atomic E-state index is 11.0. The Morgan fingerprint density at radius 2 is 2.36 bits per heavy atom. The van der Waals surface area contributed by atoms with E-state index in [9.17, 15) is 4.79 Å².